The fraction of sp³-hybridized carbons (Fsp3) is 0.300. The maximum absolute atomic E-state index is 12.1. The predicted molar refractivity (Wildman–Crippen MR) is 99.5 cm³/mol. The second-order valence-corrected chi connectivity index (χ2v) is 6.25. The van der Waals surface area contributed by atoms with Crippen LogP contribution in [0.15, 0.2) is 54.6 Å². The standard InChI is InChI=1S/C20H23N3O2/c24-19(12-11-15-6-2-1-3-7-15)22-16-8-4-9-17(14-16)23-20(25)18-10-5-13-21-18/h1-4,6-9,14,18,21H,5,10-13H2,(H,22,24)(H,23,25). The van der Waals surface area contributed by atoms with Gasteiger partial charge in [0.25, 0.3) is 0 Å². The normalized spacial score (nSPS) is 16.4. The van der Waals surface area contributed by atoms with E-state index < -0.39 is 0 Å². The molecule has 5 nitrogen and oxygen atoms in total. The maximum atomic E-state index is 12.1. The van der Waals surface area contributed by atoms with E-state index in [0.29, 0.717) is 24.2 Å². The molecule has 1 unspecified atom stereocenters. The molecule has 25 heavy (non-hydrogen) atoms. The molecule has 3 rings (SSSR count). The number of carbonyl (C=O) groups excluding carboxylic acids is 2. The van der Waals surface area contributed by atoms with Crippen LogP contribution in [0.25, 0.3) is 0 Å². The van der Waals surface area contributed by atoms with Crippen molar-refractivity contribution >= 4 is 23.2 Å². The second-order valence-electron chi connectivity index (χ2n) is 6.25. The van der Waals surface area contributed by atoms with E-state index in [2.05, 4.69) is 16.0 Å². The topological polar surface area (TPSA) is 70.2 Å². The summed E-state index contributed by atoms with van der Waals surface area (Å²) in [4.78, 5) is 24.3. The minimum absolute atomic E-state index is 0.0231. The third-order valence-electron chi connectivity index (χ3n) is 4.27. The highest BCUT2D eigenvalue weighted by Gasteiger charge is 2.21. The van der Waals surface area contributed by atoms with E-state index in [4.69, 9.17) is 0 Å². The first-order valence-electron chi connectivity index (χ1n) is 8.69. The molecule has 1 heterocycles. The molecular weight excluding hydrogens is 314 g/mol. The molecule has 1 atom stereocenters. The summed E-state index contributed by atoms with van der Waals surface area (Å²) in [6, 6.07) is 17.1. The van der Waals surface area contributed by atoms with Crippen LogP contribution in [0.3, 0.4) is 0 Å². The Morgan fingerprint density at radius 2 is 1.76 bits per heavy atom. The lowest BCUT2D eigenvalue weighted by atomic mass is 10.1. The molecule has 0 radical (unpaired) electrons. The van der Waals surface area contributed by atoms with Crippen LogP contribution in [0.4, 0.5) is 11.4 Å². The number of rotatable bonds is 6. The van der Waals surface area contributed by atoms with Crippen LogP contribution in [0, 0.1) is 0 Å². The van der Waals surface area contributed by atoms with Crippen LogP contribution < -0.4 is 16.0 Å². The molecule has 0 aliphatic carbocycles. The third kappa shape index (κ3) is 5.16. The van der Waals surface area contributed by atoms with Crippen LogP contribution in [0.5, 0.6) is 0 Å². The minimum Gasteiger partial charge on any atom is -0.326 e. The number of anilines is 2. The van der Waals surface area contributed by atoms with Gasteiger partial charge in [-0.15, -0.1) is 0 Å². The summed E-state index contributed by atoms with van der Waals surface area (Å²) in [7, 11) is 0. The van der Waals surface area contributed by atoms with Crippen LogP contribution in [-0.2, 0) is 16.0 Å². The Balaban J connectivity index is 1.52. The summed E-state index contributed by atoms with van der Waals surface area (Å²) in [5.74, 6) is -0.0603. The van der Waals surface area contributed by atoms with Crippen molar-refractivity contribution in [3.63, 3.8) is 0 Å². The Morgan fingerprint density at radius 1 is 1.00 bits per heavy atom. The first-order valence-corrected chi connectivity index (χ1v) is 8.69. The quantitative estimate of drug-likeness (QED) is 0.759. The van der Waals surface area contributed by atoms with Gasteiger partial charge in [0.2, 0.25) is 11.8 Å². The zero-order valence-corrected chi connectivity index (χ0v) is 14.1. The number of hydrogen-bond acceptors (Lipinski definition) is 3. The average Bonchev–Trinajstić information content (AvgIpc) is 3.16. The Morgan fingerprint density at radius 3 is 2.48 bits per heavy atom. The number of carbonyl (C=O) groups is 2. The smallest absolute Gasteiger partial charge is 0.241 e. The Labute approximate surface area is 147 Å². The molecule has 5 heteroatoms. The van der Waals surface area contributed by atoms with Gasteiger partial charge in [-0.3, -0.25) is 9.59 Å². The highest BCUT2D eigenvalue weighted by molar-refractivity contribution is 5.96. The highest BCUT2D eigenvalue weighted by Crippen LogP contribution is 2.17. The van der Waals surface area contributed by atoms with Gasteiger partial charge in [-0.25, -0.2) is 0 Å². The van der Waals surface area contributed by atoms with Crippen molar-refractivity contribution in [2.45, 2.75) is 31.7 Å². The molecule has 1 aliphatic heterocycles. The van der Waals surface area contributed by atoms with Crippen molar-refractivity contribution in [3.05, 3.63) is 60.2 Å². The minimum atomic E-state index is -0.121. The number of aryl methyl sites for hydroxylation is 1. The zero-order valence-electron chi connectivity index (χ0n) is 14.1. The van der Waals surface area contributed by atoms with Gasteiger partial charge < -0.3 is 16.0 Å². The molecule has 2 aromatic rings. The fourth-order valence-electron chi connectivity index (χ4n) is 2.94. The van der Waals surface area contributed by atoms with E-state index in [1.54, 1.807) is 6.07 Å². The molecule has 2 amide bonds. The molecule has 0 bridgehead atoms. The summed E-state index contributed by atoms with van der Waals surface area (Å²) >= 11 is 0. The molecule has 2 aromatic carbocycles. The molecule has 0 saturated carbocycles. The fourth-order valence-corrected chi connectivity index (χ4v) is 2.94. The molecule has 0 aromatic heterocycles. The number of nitrogens with one attached hydrogen (secondary N) is 3. The van der Waals surface area contributed by atoms with Crippen molar-refractivity contribution in [1.82, 2.24) is 5.32 Å². The van der Waals surface area contributed by atoms with E-state index in [1.807, 2.05) is 48.5 Å². The number of amides is 2. The average molecular weight is 337 g/mol. The summed E-state index contributed by atoms with van der Waals surface area (Å²) in [6.07, 6.45) is 3.01. The molecule has 130 valence electrons. The highest BCUT2D eigenvalue weighted by atomic mass is 16.2. The monoisotopic (exact) mass is 337 g/mol. The van der Waals surface area contributed by atoms with Crippen LogP contribution >= 0.6 is 0 Å². The molecule has 1 saturated heterocycles. The second kappa shape index (κ2) is 8.44. The van der Waals surface area contributed by atoms with E-state index in [-0.39, 0.29) is 17.9 Å². The van der Waals surface area contributed by atoms with Crippen LogP contribution in [-0.4, -0.2) is 24.4 Å². The predicted octanol–water partition coefficient (Wildman–Crippen LogP) is 2.95. The lowest BCUT2D eigenvalue weighted by molar-refractivity contribution is -0.118. The largest absolute Gasteiger partial charge is 0.326 e. The molecule has 3 N–H and O–H groups in total. The first kappa shape index (κ1) is 17.2. The van der Waals surface area contributed by atoms with E-state index in [0.717, 1.165) is 24.9 Å². The van der Waals surface area contributed by atoms with Gasteiger partial charge >= 0.3 is 0 Å². The lowest BCUT2D eigenvalue weighted by Gasteiger charge is -2.12. The first-order chi connectivity index (χ1) is 12.2. The van der Waals surface area contributed by atoms with Gasteiger partial charge in [0.15, 0.2) is 0 Å². The van der Waals surface area contributed by atoms with Crippen molar-refractivity contribution in [1.29, 1.82) is 0 Å². The third-order valence-corrected chi connectivity index (χ3v) is 4.27. The van der Waals surface area contributed by atoms with E-state index in [9.17, 15) is 9.59 Å². The molecule has 1 aliphatic rings. The van der Waals surface area contributed by atoms with Crippen molar-refractivity contribution in [3.8, 4) is 0 Å². The van der Waals surface area contributed by atoms with Gasteiger partial charge in [0.1, 0.15) is 0 Å². The Kier molecular flexibility index (Phi) is 5.80. The van der Waals surface area contributed by atoms with Crippen molar-refractivity contribution < 1.29 is 9.59 Å². The van der Waals surface area contributed by atoms with Crippen LogP contribution in [0.2, 0.25) is 0 Å². The summed E-state index contributed by atoms with van der Waals surface area (Å²) in [6.45, 7) is 0.885. The summed E-state index contributed by atoms with van der Waals surface area (Å²) in [5.41, 5.74) is 2.53. The van der Waals surface area contributed by atoms with Crippen LogP contribution in [0.1, 0.15) is 24.8 Å². The van der Waals surface area contributed by atoms with Crippen molar-refractivity contribution in [2.24, 2.45) is 0 Å². The number of hydrogen-bond donors (Lipinski definition) is 3. The van der Waals surface area contributed by atoms with Gasteiger partial charge in [-0.2, -0.15) is 0 Å². The molecular formula is C20H23N3O2. The van der Waals surface area contributed by atoms with Gasteiger partial charge in [-0.1, -0.05) is 36.4 Å². The summed E-state index contributed by atoms with van der Waals surface area (Å²) < 4.78 is 0. The Bertz CT molecular complexity index is 725. The molecule has 0 spiro atoms. The lowest BCUT2D eigenvalue weighted by Crippen LogP contribution is -2.35. The van der Waals surface area contributed by atoms with Gasteiger partial charge in [0, 0.05) is 17.8 Å². The Hall–Kier alpha value is -2.66. The maximum Gasteiger partial charge on any atom is 0.241 e. The van der Waals surface area contributed by atoms with Gasteiger partial charge in [0.05, 0.1) is 6.04 Å². The van der Waals surface area contributed by atoms with Crippen molar-refractivity contribution in [2.75, 3.05) is 17.2 Å². The van der Waals surface area contributed by atoms with E-state index in [1.165, 1.54) is 0 Å². The molecule has 1 fully saturated rings. The SMILES string of the molecule is O=C(CCc1ccccc1)Nc1cccc(NC(=O)C2CCCN2)c1. The summed E-state index contributed by atoms with van der Waals surface area (Å²) in [5, 5.41) is 8.97. The zero-order chi connectivity index (χ0) is 17.5. The number of benzene rings is 2. The van der Waals surface area contributed by atoms with E-state index >= 15 is 0 Å². The van der Waals surface area contributed by atoms with Gasteiger partial charge in [-0.05, 0) is 49.6 Å².